The second kappa shape index (κ2) is 7.92. The topological polar surface area (TPSA) is 52.6 Å². The molecule has 1 rings (SSSR count). The fourth-order valence-corrected chi connectivity index (χ4v) is 2.06. The van der Waals surface area contributed by atoms with E-state index in [0.29, 0.717) is 13.1 Å². The number of benzene rings is 1. The van der Waals surface area contributed by atoms with E-state index in [2.05, 4.69) is 5.32 Å². The van der Waals surface area contributed by atoms with Crippen LogP contribution in [0.4, 0.5) is 0 Å². The van der Waals surface area contributed by atoms with Gasteiger partial charge in [0.25, 0.3) is 0 Å². The number of aryl methyl sites for hydroxylation is 1. The van der Waals surface area contributed by atoms with Crippen molar-refractivity contribution in [3.05, 3.63) is 35.4 Å². The van der Waals surface area contributed by atoms with Crippen LogP contribution in [-0.4, -0.2) is 41.7 Å². The quantitative estimate of drug-likeness (QED) is 0.781. The average molecular weight is 264 g/mol. The smallest absolute Gasteiger partial charge is 0.237 e. The number of nitrogens with one attached hydrogen (secondary N) is 1. The summed E-state index contributed by atoms with van der Waals surface area (Å²) in [5.74, 6) is -0.00134. The van der Waals surface area contributed by atoms with Crippen LogP contribution in [0.25, 0.3) is 0 Å². The largest absolute Gasteiger partial charge is 0.395 e. The minimum Gasteiger partial charge on any atom is -0.395 e. The lowest BCUT2D eigenvalue weighted by Gasteiger charge is -2.26. The van der Waals surface area contributed by atoms with Crippen LogP contribution in [-0.2, 0) is 11.3 Å². The van der Waals surface area contributed by atoms with Crippen molar-refractivity contribution >= 4 is 5.91 Å². The van der Waals surface area contributed by atoms with Gasteiger partial charge in [0.15, 0.2) is 0 Å². The highest BCUT2D eigenvalue weighted by Gasteiger charge is 2.19. The molecule has 0 spiro atoms. The van der Waals surface area contributed by atoms with Gasteiger partial charge in [-0.1, -0.05) is 31.2 Å². The van der Waals surface area contributed by atoms with Gasteiger partial charge in [0.1, 0.15) is 0 Å². The van der Waals surface area contributed by atoms with Gasteiger partial charge in [-0.2, -0.15) is 0 Å². The number of hydrogen-bond donors (Lipinski definition) is 2. The van der Waals surface area contributed by atoms with Gasteiger partial charge in [-0.3, -0.25) is 9.69 Å². The van der Waals surface area contributed by atoms with E-state index < -0.39 is 0 Å². The molecule has 0 fully saturated rings. The molecule has 0 aliphatic heterocycles. The third kappa shape index (κ3) is 4.65. The first-order valence-corrected chi connectivity index (χ1v) is 6.77. The third-order valence-electron chi connectivity index (χ3n) is 3.43. The van der Waals surface area contributed by atoms with Crippen molar-refractivity contribution < 1.29 is 9.90 Å². The van der Waals surface area contributed by atoms with Gasteiger partial charge in [0, 0.05) is 13.1 Å². The van der Waals surface area contributed by atoms with Crippen molar-refractivity contribution in [2.24, 2.45) is 0 Å². The number of aliphatic hydroxyl groups excluding tert-OH is 1. The molecule has 1 atom stereocenters. The SMILES string of the molecule is CCN(CCO)C(C)C(=O)NCc1ccccc1C. The summed E-state index contributed by atoms with van der Waals surface area (Å²) >= 11 is 0. The molecular formula is C15H24N2O2. The summed E-state index contributed by atoms with van der Waals surface area (Å²) in [5.41, 5.74) is 2.31. The van der Waals surface area contributed by atoms with Gasteiger partial charge < -0.3 is 10.4 Å². The fourth-order valence-electron chi connectivity index (χ4n) is 2.06. The Bertz CT molecular complexity index is 407. The number of aliphatic hydroxyl groups is 1. The Morgan fingerprint density at radius 1 is 1.42 bits per heavy atom. The molecule has 0 radical (unpaired) electrons. The Balaban J connectivity index is 2.53. The molecule has 4 heteroatoms. The molecule has 2 N–H and O–H groups in total. The maximum absolute atomic E-state index is 12.1. The van der Waals surface area contributed by atoms with Crippen molar-refractivity contribution in [1.82, 2.24) is 10.2 Å². The highest BCUT2D eigenvalue weighted by Crippen LogP contribution is 2.06. The van der Waals surface area contributed by atoms with Gasteiger partial charge in [0.05, 0.1) is 12.6 Å². The maximum Gasteiger partial charge on any atom is 0.237 e. The third-order valence-corrected chi connectivity index (χ3v) is 3.43. The molecule has 0 aliphatic carbocycles. The molecule has 0 saturated carbocycles. The number of nitrogens with zero attached hydrogens (tertiary/aromatic N) is 1. The Morgan fingerprint density at radius 2 is 2.11 bits per heavy atom. The van der Waals surface area contributed by atoms with E-state index in [9.17, 15) is 4.79 Å². The van der Waals surface area contributed by atoms with Gasteiger partial charge in [0.2, 0.25) is 5.91 Å². The van der Waals surface area contributed by atoms with E-state index in [1.54, 1.807) is 0 Å². The molecule has 0 aromatic heterocycles. The lowest BCUT2D eigenvalue weighted by molar-refractivity contribution is -0.126. The van der Waals surface area contributed by atoms with E-state index >= 15 is 0 Å². The first-order valence-electron chi connectivity index (χ1n) is 6.77. The Morgan fingerprint density at radius 3 is 2.68 bits per heavy atom. The maximum atomic E-state index is 12.1. The minimum atomic E-state index is -0.221. The van der Waals surface area contributed by atoms with Crippen LogP contribution in [0.3, 0.4) is 0 Å². The molecule has 1 aromatic carbocycles. The van der Waals surface area contributed by atoms with E-state index in [1.165, 1.54) is 5.56 Å². The Labute approximate surface area is 115 Å². The average Bonchev–Trinajstić information content (AvgIpc) is 2.42. The van der Waals surface area contributed by atoms with Crippen LogP contribution in [0.1, 0.15) is 25.0 Å². The summed E-state index contributed by atoms with van der Waals surface area (Å²) < 4.78 is 0. The first-order chi connectivity index (χ1) is 9.10. The normalized spacial score (nSPS) is 12.5. The number of hydrogen-bond acceptors (Lipinski definition) is 3. The number of carbonyl (C=O) groups is 1. The molecule has 1 aromatic rings. The molecule has 0 bridgehead atoms. The van der Waals surface area contributed by atoms with Crippen LogP contribution in [0.15, 0.2) is 24.3 Å². The van der Waals surface area contributed by atoms with Crippen molar-refractivity contribution in [2.45, 2.75) is 33.4 Å². The minimum absolute atomic E-state index is 0.00134. The standard InChI is InChI=1S/C15H24N2O2/c1-4-17(9-10-18)13(3)15(19)16-11-14-8-6-5-7-12(14)2/h5-8,13,18H,4,9-11H2,1-3H3,(H,16,19). The van der Waals surface area contributed by atoms with E-state index in [-0.39, 0.29) is 18.6 Å². The predicted octanol–water partition coefficient (Wildman–Crippen LogP) is 1.31. The van der Waals surface area contributed by atoms with E-state index in [0.717, 1.165) is 12.1 Å². The molecule has 1 unspecified atom stereocenters. The summed E-state index contributed by atoms with van der Waals surface area (Å²) in [6.45, 7) is 7.78. The van der Waals surface area contributed by atoms with Crippen LogP contribution in [0.2, 0.25) is 0 Å². The first kappa shape index (κ1) is 15.7. The molecule has 106 valence electrons. The zero-order valence-electron chi connectivity index (χ0n) is 12.0. The second-order valence-corrected chi connectivity index (χ2v) is 4.67. The lowest BCUT2D eigenvalue weighted by Crippen LogP contribution is -2.45. The molecular weight excluding hydrogens is 240 g/mol. The predicted molar refractivity (Wildman–Crippen MR) is 76.8 cm³/mol. The second-order valence-electron chi connectivity index (χ2n) is 4.67. The van der Waals surface area contributed by atoms with Crippen molar-refractivity contribution in [2.75, 3.05) is 19.7 Å². The van der Waals surface area contributed by atoms with Gasteiger partial charge in [-0.05, 0) is 31.5 Å². The summed E-state index contributed by atoms with van der Waals surface area (Å²) in [6.07, 6.45) is 0. The van der Waals surface area contributed by atoms with Crippen molar-refractivity contribution in [1.29, 1.82) is 0 Å². The molecule has 0 aliphatic rings. The van der Waals surface area contributed by atoms with Crippen molar-refractivity contribution in [3.63, 3.8) is 0 Å². The van der Waals surface area contributed by atoms with Gasteiger partial charge in [-0.15, -0.1) is 0 Å². The number of rotatable bonds is 7. The van der Waals surface area contributed by atoms with Gasteiger partial charge >= 0.3 is 0 Å². The lowest BCUT2D eigenvalue weighted by atomic mass is 10.1. The molecule has 0 saturated heterocycles. The number of likely N-dealkylation sites (N-methyl/N-ethyl adjacent to an activating group) is 1. The Kier molecular flexibility index (Phi) is 6.53. The summed E-state index contributed by atoms with van der Waals surface area (Å²) in [7, 11) is 0. The van der Waals surface area contributed by atoms with Crippen molar-refractivity contribution in [3.8, 4) is 0 Å². The monoisotopic (exact) mass is 264 g/mol. The highest BCUT2D eigenvalue weighted by molar-refractivity contribution is 5.81. The van der Waals surface area contributed by atoms with E-state index in [1.807, 2.05) is 49.9 Å². The number of amides is 1. The van der Waals surface area contributed by atoms with Crippen LogP contribution >= 0.6 is 0 Å². The zero-order valence-corrected chi connectivity index (χ0v) is 12.0. The summed E-state index contributed by atoms with van der Waals surface area (Å²) in [4.78, 5) is 14.0. The highest BCUT2D eigenvalue weighted by atomic mass is 16.3. The van der Waals surface area contributed by atoms with Gasteiger partial charge in [-0.25, -0.2) is 0 Å². The summed E-state index contributed by atoms with van der Waals surface area (Å²) in [5, 5.41) is 11.9. The Hall–Kier alpha value is -1.39. The molecule has 1 amide bonds. The molecule has 19 heavy (non-hydrogen) atoms. The number of carbonyl (C=O) groups excluding carboxylic acids is 1. The van der Waals surface area contributed by atoms with Crippen LogP contribution < -0.4 is 5.32 Å². The van der Waals surface area contributed by atoms with E-state index in [4.69, 9.17) is 5.11 Å². The fraction of sp³-hybridized carbons (Fsp3) is 0.533. The molecule has 4 nitrogen and oxygen atoms in total. The van der Waals surface area contributed by atoms with Crippen LogP contribution in [0.5, 0.6) is 0 Å². The van der Waals surface area contributed by atoms with Crippen LogP contribution in [0, 0.1) is 6.92 Å². The summed E-state index contributed by atoms with van der Waals surface area (Å²) in [6, 6.07) is 7.80. The zero-order chi connectivity index (χ0) is 14.3. The molecule has 0 heterocycles.